The number of amides is 1. The zero-order valence-electron chi connectivity index (χ0n) is 15.5. The molecule has 4 rings (SSSR count). The van der Waals surface area contributed by atoms with Gasteiger partial charge in [-0.15, -0.1) is 0 Å². The third-order valence-corrected chi connectivity index (χ3v) is 4.88. The summed E-state index contributed by atoms with van der Waals surface area (Å²) in [5, 5.41) is 3.32. The molecule has 4 aromatic rings. The third-order valence-electron chi connectivity index (χ3n) is 4.36. The molecular weight excluding hydrogens is 453 g/mol. The number of nitrogens with one attached hydrogen (secondary N) is 1. The Bertz CT molecular complexity index is 1220. The maximum absolute atomic E-state index is 13.0. The smallest absolute Gasteiger partial charge is 0.262 e. The molecule has 3 aromatic carbocycles. The molecule has 7 heteroatoms. The van der Waals surface area contributed by atoms with Crippen LogP contribution in [0.25, 0.3) is 11.0 Å². The van der Waals surface area contributed by atoms with E-state index in [-0.39, 0.29) is 23.8 Å². The molecule has 0 saturated heterocycles. The Morgan fingerprint density at radius 1 is 0.967 bits per heavy atom. The van der Waals surface area contributed by atoms with E-state index in [2.05, 4.69) is 21.2 Å². The number of hydrogen-bond acceptors (Lipinski definition) is 4. The molecule has 1 amide bonds. The van der Waals surface area contributed by atoms with E-state index in [1.807, 2.05) is 0 Å². The van der Waals surface area contributed by atoms with Gasteiger partial charge in [-0.2, -0.15) is 0 Å². The number of anilines is 1. The first kappa shape index (κ1) is 19.8. The zero-order chi connectivity index (χ0) is 21.1. The van der Waals surface area contributed by atoms with Gasteiger partial charge in [0.2, 0.25) is 5.78 Å². The summed E-state index contributed by atoms with van der Waals surface area (Å²) in [7, 11) is 0. The summed E-state index contributed by atoms with van der Waals surface area (Å²) in [4.78, 5) is 25.5. The monoisotopic (exact) mass is 467 g/mol. The van der Waals surface area contributed by atoms with Gasteiger partial charge in [-0.25, -0.2) is 4.39 Å². The Balaban J connectivity index is 1.59. The van der Waals surface area contributed by atoms with Crippen LogP contribution in [-0.2, 0) is 4.79 Å². The molecule has 0 fully saturated rings. The number of fused-ring (bicyclic) bond motifs is 1. The molecule has 1 heterocycles. The number of rotatable bonds is 6. The molecule has 0 atom stereocenters. The van der Waals surface area contributed by atoms with Gasteiger partial charge in [-0.1, -0.05) is 28.1 Å². The van der Waals surface area contributed by atoms with E-state index < -0.39 is 11.7 Å². The summed E-state index contributed by atoms with van der Waals surface area (Å²) in [5.41, 5.74) is 1.19. The van der Waals surface area contributed by atoms with Crippen molar-refractivity contribution in [2.24, 2.45) is 0 Å². The van der Waals surface area contributed by atoms with Gasteiger partial charge in [0.25, 0.3) is 5.91 Å². The Labute approximate surface area is 179 Å². The largest absolute Gasteiger partial charge is 0.484 e. The molecule has 0 unspecified atom stereocenters. The van der Waals surface area contributed by atoms with Crippen molar-refractivity contribution in [1.82, 2.24) is 0 Å². The second-order valence-electron chi connectivity index (χ2n) is 6.43. The van der Waals surface area contributed by atoms with Gasteiger partial charge >= 0.3 is 0 Å². The molecule has 30 heavy (non-hydrogen) atoms. The van der Waals surface area contributed by atoms with E-state index in [0.717, 1.165) is 4.47 Å². The molecule has 0 saturated carbocycles. The van der Waals surface area contributed by atoms with Crippen molar-refractivity contribution < 1.29 is 23.1 Å². The van der Waals surface area contributed by atoms with Crippen LogP contribution in [0.3, 0.4) is 0 Å². The van der Waals surface area contributed by atoms with Crippen molar-refractivity contribution in [1.29, 1.82) is 0 Å². The molecule has 5 nitrogen and oxygen atoms in total. The lowest BCUT2D eigenvalue weighted by Crippen LogP contribution is -2.21. The first-order valence-corrected chi connectivity index (χ1v) is 9.80. The maximum Gasteiger partial charge on any atom is 0.262 e. The Kier molecular flexibility index (Phi) is 5.63. The minimum Gasteiger partial charge on any atom is -0.484 e. The zero-order valence-corrected chi connectivity index (χ0v) is 17.1. The number of ketones is 1. The number of carbonyl (C=O) groups is 2. The van der Waals surface area contributed by atoms with Gasteiger partial charge in [-0.3, -0.25) is 9.59 Å². The lowest BCUT2D eigenvalue weighted by atomic mass is 10.1. The van der Waals surface area contributed by atoms with Crippen LogP contribution in [0.1, 0.15) is 16.1 Å². The van der Waals surface area contributed by atoms with Crippen LogP contribution in [0.2, 0.25) is 0 Å². The highest BCUT2D eigenvalue weighted by Gasteiger charge is 2.23. The molecule has 0 aliphatic heterocycles. The predicted molar refractivity (Wildman–Crippen MR) is 114 cm³/mol. The van der Waals surface area contributed by atoms with E-state index in [0.29, 0.717) is 22.3 Å². The summed E-state index contributed by atoms with van der Waals surface area (Å²) in [6, 6.07) is 19.2. The van der Waals surface area contributed by atoms with Crippen molar-refractivity contribution in [3.05, 3.63) is 94.4 Å². The number of furan rings is 1. The summed E-state index contributed by atoms with van der Waals surface area (Å²) < 4.78 is 25.0. The number of carbonyl (C=O) groups excluding carboxylic acids is 2. The summed E-state index contributed by atoms with van der Waals surface area (Å²) in [6.45, 7) is -0.308. The van der Waals surface area contributed by atoms with Gasteiger partial charge in [0.1, 0.15) is 17.1 Å². The highest BCUT2D eigenvalue weighted by molar-refractivity contribution is 9.10. The Hall–Kier alpha value is -3.45. The van der Waals surface area contributed by atoms with Gasteiger partial charge in [0.05, 0.1) is 5.69 Å². The average Bonchev–Trinajstić information content (AvgIpc) is 3.12. The number of para-hydroxylation sites is 1. The fourth-order valence-corrected chi connectivity index (χ4v) is 3.18. The summed E-state index contributed by atoms with van der Waals surface area (Å²) in [6.07, 6.45) is 0. The second kappa shape index (κ2) is 8.51. The fraction of sp³-hybridized carbons (Fsp3) is 0.0435. The number of ether oxygens (including phenoxy) is 1. The summed E-state index contributed by atoms with van der Waals surface area (Å²) in [5.74, 6) is -0.833. The first-order chi connectivity index (χ1) is 14.5. The highest BCUT2D eigenvalue weighted by Crippen LogP contribution is 2.32. The SMILES string of the molecule is O=C(COc1ccc(F)cc1)Nc1c(C(=O)c2ccc(Br)cc2)oc2ccccc12. The van der Waals surface area contributed by atoms with Crippen LogP contribution in [0.5, 0.6) is 5.75 Å². The van der Waals surface area contributed by atoms with Gasteiger partial charge in [0, 0.05) is 15.4 Å². The standard InChI is InChI=1S/C23H15BrFNO4/c24-15-7-5-14(6-8-15)22(28)23-21(18-3-1-2-4-19(18)30-23)26-20(27)13-29-17-11-9-16(25)10-12-17/h1-12H,13H2,(H,26,27). The van der Waals surface area contributed by atoms with Crippen LogP contribution in [0.15, 0.2) is 81.7 Å². The molecular formula is C23H15BrFNO4. The van der Waals surface area contributed by atoms with Crippen molar-refractivity contribution >= 4 is 44.3 Å². The van der Waals surface area contributed by atoms with E-state index >= 15 is 0 Å². The Morgan fingerprint density at radius 2 is 1.67 bits per heavy atom. The van der Waals surface area contributed by atoms with Crippen LogP contribution in [0, 0.1) is 5.82 Å². The maximum atomic E-state index is 13.0. The summed E-state index contributed by atoms with van der Waals surface area (Å²) >= 11 is 3.34. The Morgan fingerprint density at radius 3 is 2.40 bits per heavy atom. The van der Waals surface area contributed by atoms with Crippen LogP contribution in [0.4, 0.5) is 10.1 Å². The average molecular weight is 468 g/mol. The lowest BCUT2D eigenvalue weighted by Gasteiger charge is -2.08. The molecule has 0 aliphatic rings. The molecule has 150 valence electrons. The minimum atomic E-state index is -0.476. The third kappa shape index (κ3) is 4.26. The second-order valence-corrected chi connectivity index (χ2v) is 7.34. The van der Waals surface area contributed by atoms with E-state index in [1.165, 1.54) is 24.3 Å². The number of halogens is 2. The van der Waals surface area contributed by atoms with Crippen LogP contribution < -0.4 is 10.1 Å². The van der Waals surface area contributed by atoms with E-state index in [9.17, 15) is 14.0 Å². The van der Waals surface area contributed by atoms with Gasteiger partial charge in [-0.05, 0) is 60.7 Å². The van der Waals surface area contributed by atoms with Gasteiger partial charge in [0.15, 0.2) is 12.4 Å². The number of hydrogen-bond donors (Lipinski definition) is 1. The minimum absolute atomic E-state index is 0.0358. The first-order valence-electron chi connectivity index (χ1n) is 9.01. The normalized spacial score (nSPS) is 10.7. The molecule has 0 bridgehead atoms. The molecule has 1 N–H and O–H groups in total. The van der Waals surface area contributed by atoms with E-state index in [1.54, 1.807) is 48.5 Å². The fourth-order valence-electron chi connectivity index (χ4n) is 2.92. The predicted octanol–water partition coefficient (Wildman–Crippen LogP) is 5.58. The molecule has 0 aliphatic carbocycles. The number of benzene rings is 3. The van der Waals surface area contributed by atoms with Crippen molar-refractivity contribution in [3.8, 4) is 5.75 Å². The van der Waals surface area contributed by atoms with Crippen molar-refractivity contribution in [2.45, 2.75) is 0 Å². The lowest BCUT2D eigenvalue weighted by molar-refractivity contribution is -0.118. The van der Waals surface area contributed by atoms with Gasteiger partial charge < -0.3 is 14.5 Å². The van der Waals surface area contributed by atoms with E-state index in [4.69, 9.17) is 9.15 Å². The van der Waals surface area contributed by atoms with Crippen molar-refractivity contribution in [2.75, 3.05) is 11.9 Å². The van der Waals surface area contributed by atoms with Crippen LogP contribution >= 0.6 is 15.9 Å². The highest BCUT2D eigenvalue weighted by atomic mass is 79.9. The molecule has 0 spiro atoms. The van der Waals surface area contributed by atoms with Crippen LogP contribution in [-0.4, -0.2) is 18.3 Å². The molecule has 0 radical (unpaired) electrons. The van der Waals surface area contributed by atoms with Crippen molar-refractivity contribution in [3.63, 3.8) is 0 Å². The topological polar surface area (TPSA) is 68.5 Å². The quantitative estimate of drug-likeness (QED) is 0.375. The molecule has 1 aromatic heterocycles.